The third kappa shape index (κ3) is 3.95. The van der Waals surface area contributed by atoms with Gasteiger partial charge in [0.25, 0.3) is 0 Å². The number of hydrogen-bond donors (Lipinski definition) is 0. The Balaban J connectivity index is 1.90. The lowest BCUT2D eigenvalue weighted by Crippen LogP contribution is -2.04. The van der Waals surface area contributed by atoms with Crippen LogP contribution in [0.25, 0.3) is 0 Å². The van der Waals surface area contributed by atoms with Crippen molar-refractivity contribution in [1.82, 2.24) is 0 Å². The van der Waals surface area contributed by atoms with Gasteiger partial charge in [0, 0.05) is 0 Å². The molecule has 0 N–H and O–H groups in total. The Bertz CT molecular complexity index is 573. The van der Waals surface area contributed by atoms with Crippen molar-refractivity contribution in [2.75, 3.05) is 6.61 Å². The van der Waals surface area contributed by atoms with Crippen LogP contribution in [0.5, 0.6) is 5.75 Å². The molecule has 2 aromatic carbocycles. The number of ether oxygens (including phenoxy) is 1. The lowest BCUT2D eigenvalue weighted by Gasteiger charge is -2.10. The predicted octanol–water partition coefficient (Wildman–Crippen LogP) is 4.21. The molecule has 0 amide bonds. The van der Waals surface area contributed by atoms with Crippen LogP contribution in [0.1, 0.15) is 34.8 Å². The minimum atomic E-state index is 0.0479. The van der Waals surface area contributed by atoms with E-state index in [1.165, 1.54) is 5.56 Å². The van der Waals surface area contributed by atoms with Gasteiger partial charge in [0.05, 0.1) is 12.2 Å². The predicted molar refractivity (Wildman–Crippen MR) is 81.4 cm³/mol. The highest BCUT2D eigenvalue weighted by atomic mass is 16.5. The summed E-state index contributed by atoms with van der Waals surface area (Å²) in [7, 11) is 0. The van der Waals surface area contributed by atoms with Crippen LogP contribution < -0.4 is 4.74 Å². The SMILES string of the molecule is CC(=O)c1cc(C)ccc1OCCCc1ccccc1. The van der Waals surface area contributed by atoms with E-state index in [1.54, 1.807) is 6.92 Å². The molecule has 0 heterocycles. The first-order valence-corrected chi connectivity index (χ1v) is 6.95. The highest BCUT2D eigenvalue weighted by Crippen LogP contribution is 2.21. The molecule has 0 aliphatic heterocycles. The van der Waals surface area contributed by atoms with Crippen LogP contribution in [0.2, 0.25) is 0 Å². The standard InChI is InChI=1S/C18H20O2/c1-14-10-11-18(17(13-14)15(2)19)20-12-6-9-16-7-4-3-5-8-16/h3-5,7-8,10-11,13H,6,9,12H2,1-2H3. The summed E-state index contributed by atoms with van der Waals surface area (Å²) in [6.07, 6.45) is 1.93. The molecule has 0 fully saturated rings. The Hall–Kier alpha value is -2.09. The maximum Gasteiger partial charge on any atom is 0.163 e. The third-order valence-electron chi connectivity index (χ3n) is 3.22. The molecule has 0 saturated carbocycles. The Morgan fingerprint density at radius 2 is 1.85 bits per heavy atom. The largest absolute Gasteiger partial charge is 0.493 e. The molecule has 0 aliphatic carbocycles. The molecule has 0 unspecified atom stereocenters. The van der Waals surface area contributed by atoms with Gasteiger partial charge in [-0.3, -0.25) is 4.79 Å². The summed E-state index contributed by atoms with van der Waals surface area (Å²) >= 11 is 0. The van der Waals surface area contributed by atoms with Gasteiger partial charge in [-0.2, -0.15) is 0 Å². The molecule has 104 valence electrons. The van der Waals surface area contributed by atoms with Crippen LogP contribution in [0.15, 0.2) is 48.5 Å². The zero-order valence-electron chi connectivity index (χ0n) is 12.1. The number of Topliss-reactive ketones (excluding diaryl/α,β-unsaturated/α-hetero) is 1. The Morgan fingerprint density at radius 1 is 1.10 bits per heavy atom. The molecule has 2 heteroatoms. The van der Waals surface area contributed by atoms with E-state index in [2.05, 4.69) is 12.1 Å². The van der Waals surface area contributed by atoms with Crippen molar-refractivity contribution in [3.05, 3.63) is 65.2 Å². The van der Waals surface area contributed by atoms with E-state index < -0.39 is 0 Å². The Kier molecular flexibility index (Phi) is 4.94. The molecular formula is C18H20O2. The van der Waals surface area contributed by atoms with E-state index in [0.717, 1.165) is 18.4 Å². The van der Waals surface area contributed by atoms with Crippen molar-refractivity contribution in [2.24, 2.45) is 0 Å². The molecule has 0 aliphatic rings. The van der Waals surface area contributed by atoms with Crippen LogP contribution in [-0.4, -0.2) is 12.4 Å². The zero-order valence-corrected chi connectivity index (χ0v) is 12.1. The maximum absolute atomic E-state index is 11.6. The molecule has 0 radical (unpaired) electrons. The van der Waals surface area contributed by atoms with E-state index in [-0.39, 0.29) is 5.78 Å². The van der Waals surface area contributed by atoms with E-state index in [4.69, 9.17) is 4.74 Å². The van der Waals surface area contributed by atoms with Gasteiger partial charge in [0.15, 0.2) is 5.78 Å². The van der Waals surface area contributed by atoms with E-state index in [9.17, 15) is 4.79 Å². The van der Waals surface area contributed by atoms with Gasteiger partial charge < -0.3 is 4.74 Å². The van der Waals surface area contributed by atoms with Crippen LogP contribution in [0.4, 0.5) is 0 Å². The first-order chi connectivity index (χ1) is 9.66. The number of ketones is 1. The van der Waals surface area contributed by atoms with Crippen molar-refractivity contribution in [2.45, 2.75) is 26.7 Å². The van der Waals surface area contributed by atoms with Gasteiger partial charge in [-0.1, -0.05) is 42.0 Å². The smallest absolute Gasteiger partial charge is 0.163 e. The quantitative estimate of drug-likeness (QED) is 0.579. The van der Waals surface area contributed by atoms with Crippen LogP contribution in [0.3, 0.4) is 0 Å². The number of hydrogen-bond acceptors (Lipinski definition) is 2. The highest BCUT2D eigenvalue weighted by Gasteiger charge is 2.08. The molecule has 0 aromatic heterocycles. The first kappa shape index (κ1) is 14.3. The zero-order chi connectivity index (χ0) is 14.4. The molecule has 20 heavy (non-hydrogen) atoms. The fourth-order valence-corrected chi connectivity index (χ4v) is 2.15. The van der Waals surface area contributed by atoms with E-state index in [1.807, 2.05) is 43.3 Å². The van der Waals surface area contributed by atoms with E-state index >= 15 is 0 Å². The average Bonchev–Trinajstić information content (AvgIpc) is 2.45. The molecule has 2 aromatic rings. The normalized spacial score (nSPS) is 10.3. The van der Waals surface area contributed by atoms with Crippen molar-refractivity contribution in [3.63, 3.8) is 0 Å². The van der Waals surface area contributed by atoms with Gasteiger partial charge in [0.2, 0.25) is 0 Å². The van der Waals surface area contributed by atoms with Gasteiger partial charge in [-0.15, -0.1) is 0 Å². The number of benzene rings is 2. The van der Waals surface area contributed by atoms with Crippen LogP contribution >= 0.6 is 0 Å². The summed E-state index contributed by atoms with van der Waals surface area (Å²) in [5, 5.41) is 0. The number of rotatable bonds is 6. The van der Waals surface area contributed by atoms with Crippen LogP contribution in [0, 0.1) is 6.92 Å². The number of carbonyl (C=O) groups excluding carboxylic acids is 1. The fourth-order valence-electron chi connectivity index (χ4n) is 2.15. The molecule has 2 rings (SSSR count). The van der Waals surface area contributed by atoms with Gasteiger partial charge >= 0.3 is 0 Å². The number of carbonyl (C=O) groups is 1. The summed E-state index contributed by atoms with van der Waals surface area (Å²) in [5.41, 5.74) is 3.06. The molecule has 0 spiro atoms. The van der Waals surface area contributed by atoms with Crippen LogP contribution in [-0.2, 0) is 6.42 Å². The second kappa shape index (κ2) is 6.90. The van der Waals surface area contributed by atoms with Crippen molar-refractivity contribution in [3.8, 4) is 5.75 Å². The Labute approximate surface area is 120 Å². The minimum Gasteiger partial charge on any atom is -0.493 e. The Morgan fingerprint density at radius 3 is 2.55 bits per heavy atom. The topological polar surface area (TPSA) is 26.3 Å². The van der Waals surface area contributed by atoms with Crippen molar-refractivity contribution < 1.29 is 9.53 Å². The molecule has 2 nitrogen and oxygen atoms in total. The average molecular weight is 268 g/mol. The monoisotopic (exact) mass is 268 g/mol. The van der Waals surface area contributed by atoms with Crippen molar-refractivity contribution >= 4 is 5.78 Å². The lowest BCUT2D eigenvalue weighted by molar-refractivity contribution is 0.101. The minimum absolute atomic E-state index is 0.0479. The molecule has 0 saturated heterocycles. The summed E-state index contributed by atoms with van der Waals surface area (Å²) in [6.45, 7) is 4.18. The third-order valence-corrected chi connectivity index (χ3v) is 3.22. The van der Waals surface area contributed by atoms with Gasteiger partial charge in [-0.25, -0.2) is 0 Å². The second-order valence-corrected chi connectivity index (χ2v) is 4.99. The first-order valence-electron chi connectivity index (χ1n) is 6.95. The summed E-state index contributed by atoms with van der Waals surface area (Å²) in [6, 6.07) is 16.1. The summed E-state index contributed by atoms with van der Waals surface area (Å²) in [4.78, 5) is 11.6. The van der Waals surface area contributed by atoms with Gasteiger partial charge in [0.1, 0.15) is 5.75 Å². The van der Waals surface area contributed by atoms with E-state index in [0.29, 0.717) is 17.9 Å². The summed E-state index contributed by atoms with van der Waals surface area (Å²) in [5.74, 6) is 0.739. The maximum atomic E-state index is 11.6. The molecular weight excluding hydrogens is 248 g/mol. The van der Waals surface area contributed by atoms with Crippen molar-refractivity contribution in [1.29, 1.82) is 0 Å². The summed E-state index contributed by atoms with van der Waals surface area (Å²) < 4.78 is 5.75. The fraction of sp³-hybridized carbons (Fsp3) is 0.278. The second-order valence-electron chi connectivity index (χ2n) is 4.99. The highest BCUT2D eigenvalue weighted by molar-refractivity contribution is 5.97. The number of aryl methyl sites for hydroxylation is 2. The lowest BCUT2D eigenvalue weighted by atomic mass is 10.1. The molecule has 0 atom stereocenters. The molecule has 0 bridgehead atoms. The van der Waals surface area contributed by atoms with Gasteiger partial charge in [-0.05, 0) is 44.4 Å².